The van der Waals surface area contributed by atoms with E-state index in [1.807, 2.05) is 36.0 Å². The van der Waals surface area contributed by atoms with E-state index in [4.69, 9.17) is 0 Å². The quantitative estimate of drug-likeness (QED) is 0.305. The maximum absolute atomic E-state index is 14.0. The number of hydrogen-bond donors (Lipinski definition) is 1. The Labute approximate surface area is 237 Å². The summed E-state index contributed by atoms with van der Waals surface area (Å²) in [5.74, 6) is -0.533. The molecule has 1 saturated carbocycles. The lowest BCUT2D eigenvalue weighted by Crippen LogP contribution is -2.34. The second-order valence-electron chi connectivity index (χ2n) is 10.8. The number of nitrogens with zero attached hydrogens (tertiary/aromatic N) is 3. The number of sulfonamides is 1. The number of fused-ring (bicyclic) bond motifs is 1. The highest BCUT2D eigenvalue weighted by atomic mass is 32.2. The molecule has 212 valence electrons. The Hall–Kier alpha value is -3.89. The standard InChI is InChI=1S/C31H30F2N4O3S/c1-36-15-14-34-30(36)19-37(31(38)28-18-26(28)21-8-11-22(32)12-9-21)24-13-10-20-4-2-7-29(27(20)17-24)35-41(39,40)25-6-3-5-23(33)16-25/h3,5-6,8-17,26,28-29,35H,2,4,7,18-19H2,1H3/t26?,28?,29-/m0/s1. The molecule has 6 rings (SSSR count). The normalized spacial score (nSPS) is 19.9. The van der Waals surface area contributed by atoms with Crippen molar-refractivity contribution in [1.29, 1.82) is 0 Å². The van der Waals surface area contributed by atoms with Crippen molar-refractivity contribution in [1.82, 2.24) is 14.3 Å². The fourth-order valence-electron chi connectivity index (χ4n) is 5.70. The SMILES string of the molecule is Cn1ccnc1CN(C(=O)C1CC1c1ccc(F)cc1)c1ccc2c(c1)[C@@H](NS(=O)(=O)c1cccc(F)c1)CCC2. The van der Waals surface area contributed by atoms with Gasteiger partial charge in [-0.25, -0.2) is 26.9 Å². The predicted octanol–water partition coefficient (Wildman–Crippen LogP) is 5.39. The Balaban J connectivity index is 1.31. The van der Waals surface area contributed by atoms with Gasteiger partial charge >= 0.3 is 0 Å². The number of aromatic nitrogens is 2. The summed E-state index contributed by atoms with van der Waals surface area (Å²) in [7, 11) is -2.11. The summed E-state index contributed by atoms with van der Waals surface area (Å²) in [6.07, 6.45) is 6.33. The third kappa shape index (κ3) is 5.67. The largest absolute Gasteiger partial charge is 0.337 e. The first kappa shape index (κ1) is 27.3. The van der Waals surface area contributed by atoms with E-state index in [1.165, 1.54) is 30.3 Å². The first-order chi connectivity index (χ1) is 19.7. The maximum Gasteiger partial charge on any atom is 0.241 e. The first-order valence-corrected chi connectivity index (χ1v) is 15.1. The Morgan fingerprint density at radius 2 is 1.88 bits per heavy atom. The molecule has 2 aliphatic carbocycles. The summed E-state index contributed by atoms with van der Waals surface area (Å²) < 4.78 is 58.2. The van der Waals surface area contributed by atoms with Crippen LogP contribution in [0, 0.1) is 17.6 Å². The summed E-state index contributed by atoms with van der Waals surface area (Å²) in [5.41, 5.74) is 3.39. The van der Waals surface area contributed by atoms with Crippen LogP contribution in [0.1, 0.15) is 53.7 Å². The van der Waals surface area contributed by atoms with Crippen LogP contribution in [0.2, 0.25) is 0 Å². The van der Waals surface area contributed by atoms with Gasteiger partial charge < -0.3 is 9.47 Å². The third-order valence-electron chi connectivity index (χ3n) is 8.05. The number of imidazole rings is 1. The summed E-state index contributed by atoms with van der Waals surface area (Å²) in [6.45, 7) is 0.243. The van der Waals surface area contributed by atoms with Gasteiger partial charge in [0.15, 0.2) is 0 Å². The van der Waals surface area contributed by atoms with Crippen LogP contribution in [-0.4, -0.2) is 23.9 Å². The molecule has 1 aromatic heterocycles. The summed E-state index contributed by atoms with van der Waals surface area (Å²) in [5, 5.41) is 0. The van der Waals surface area contributed by atoms with Crippen molar-refractivity contribution in [2.75, 3.05) is 4.90 Å². The molecular formula is C31H30F2N4O3S. The maximum atomic E-state index is 14.0. The third-order valence-corrected chi connectivity index (χ3v) is 9.52. The van der Waals surface area contributed by atoms with Gasteiger partial charge in [0.2, 0.25) is 15.9 Å². The van der Waals surface area contributed by atoms with Crippen molar-refractivity contribution < 1.29 is 22.0 Å². The van der Waals surface area contributed by atoms with Crippen molar-refractivity contribution >= 4 is 21.6 Å². The Morgan fingerprint density at radius 1 is 1.07 bits per heavy atom. The van der Waals surface area contributed by atoms with Gasteiger partial charge in [-0.15, -0.1) is 0 Å². The van der Waals surface area contributed by atoms with E-state index in [1.54, 1.807) is 23.2 Å². The zero-order valence-corrected chi connectivity index (χ0v) is 23.3. The lowest BCUT2D eigenvalue weighted by Gasteiger charge is -2.29. The number of carbonyl (C=O) groups is 1. The fourth-order valence-corrected chi connectivity index (χ4v) is 6.98. The molecular weight excluding hydrogens is 546 g/mol. The molecule has 10 heteroatoms. The van der Waals surface area contributed by atoms with Crippen molar-refractivity contribution in [3.63, 3.8) is 0 Å². The van der Waals surface area contributed by atoms with Crippen LogP contribution in [0.3, 0.4) is 0 Å². The second kappa shape index (κ2) is 10.8. The highest BCUT2D eigenvalue weighted by Crippen LogP contribution is 2.49. The molecule has 3 atom stereocenters. The van der Waals surface area contributed by atoms with Crippen LogP contribution >= 0.6 is 0 Å². The molecule has 7 nitrogen and oxygen atoms in total. The monoisotopic (exact) mass is 576 g/mol. The van der Waals surface area contributed by atoms with E-state index in [0.717, 1.165) is 35.6 Å². The van der Waals surface area contributed by atoms with E-state index in [-0.39, 0.29) is 35.0 Å². The second-order valence-corrected chi connectivity index (χ2v) is 12.5. The number of halogens is 2. The number of benzene rings is 3. The summed E-state index contributed by atoms with van der Waals surface area (Å²) in [6, 6.07) is 16.4. The molecule has 0 bridgehead atoms. The molecule has 41 heavy (non-hydrogen) atoms. The Kier molecular flexibility index (Phi) is 7.21. The van der Waals surface area contributed by atoms with Crippen molar-refractivity contribution in [2.45, 2.75) is 49.1 Å². The van der Waals surface area contributed by atoms with Gasteiger partial charge in [0.25, 0.3) is 0 Å². The molecule has 0 radical (unpaired) electrons. The minimum Gasteiger partial charge on any atom is -0.337 e. The summed E-state index contributed by atoms with van der Waals surface area (Å²) in [4.78, 5) is 20.0. The molecule has 1 heterocycles. The lowest BCUT2D eigenvalue weighted by atomic mass is 9.87. The number of anilines is 1. The van der Waals surface area contributed by atoms with Crippen LogP contribution in [0.4, 0.5) is 14.5 Å². The van der Waals surface area contributed by atoms with E-state index in [2.05, 4.69) is 9.71 Å². The van der Waals surface area contributed by atoms with Crippen LogP contribution in [0.15, 0.2) is 84.0 Å². The van der Waals surface area contributed by atoms with Gasteiger partial charge in [-0.2, -0.15) is 0 Å². The zero-order valence-electron chi connectivity index (χ0n) is 22.5. The van der Waals surface area contributed by atoms with Crippen LogP contribution in [0.25, 0.3) is 0 Å². The molecule has 1 N–H and O–H groups in total. The highest BCUT2D eigenvalue weighted by molar-refractivity contribution is 7.89. The smallest absolute Gasteiger partial charge is 0.241 e. The molecule has 4 aromatic rings. The first-order valence-electron chi connectivity index (χ1n) is 13.6. The molecule has 2 unspecified atom stereocenters. The van der Waals surface area contributed by atoms with Crippen LogP contribution in [0.5, 0.6) is 0 Å². The minimum atomic E-state index is -3.98. The molecule has 0 spiro atoms. The van der Waals surface area contributed by atoms with Gasteiger partial charge in [-0.05, 0) is 90.8 Å². The van der Waals surface area contributed by atoms with Crippen molar-refractivity contribution in [3.05, 3.63) is 113 Å². The van der Waals surface area contributed by atoms with Crippen molar-refractivity contribution in [3.8, 4) is 0 Å². The number of aryl methyl sites for hydroxylation is 2. The van der Waals surface area contributed by atoms with Gasteiger partial charge in [0, 0.05) is 37.1 Å². The minimum absolute atomic E-state index is 0.00965. The van der Waals surface area contributed by atoms with Crippen LogP contribution < -0.4 is 9.62 Å². The van der Waals surface area contributed by atoms with E-state index >= 15 is 0 Å². The van der Waals surface area contributed by atoms with Crippen molar-refractivity contribution in [2.24, 2.45) is 13.0 Å². The topological polar surface area (TPSA) is 84.3 Å². The van der Waals surface area contributed by atoms with E-state index in [9.17, 15) is 22.0 Å². The number of rotatable bonds is 8. The van der Waals surface area contributed by atoms with E-state index < -0.39 is 21.9 Å². The van der Waals surface area contributed by atoms with Gasteiger partial charge in [-0.1, -0.05) is 24.3 Å². The lowest BCUT2D eigenvalue weighted by molar-refractivity contribution is -0.120. The zero-order chi connectivity index (χ0) is 28.7. The van der Waals surface area contributed by atoms with Gasteiger partial charge in [-0.3, -0.25) is 4.79 Å². The molecule has 2 aliphatic rings. The molecule has 1 amide bonds. The highest BCUT2D eigenvalue weighted by Gasteiger charge is 2.46. The molecule has 0 aliphatic heterocycles. The van der Waals surface area contributed by atoms with Gasteiger partial charge in [0.1, 0.15) is 17.5 Å². The van der Waals surface area contributed by atoms with E-state index in [0.29, 0.717) is 24.4 Å². The average Bonchev–Trinajstić information content (AvgIpc) is 3.66. The molecule has 3 aromatic carbocycles. The van der Waals surface area contributed by atoms with Crippen LogP contribution in [-0.2, 0) is 34.8 Å². The van der Waals surface area contributed by atoms with Gasteiger partial charge in [0.05, 0.1) is 11.4 Å². The number of hydrogen-bond acceptors (Lipinski definition) is 4. The molecule has 0 saturated heterocycles. The number of carbonyl (C=O) groups excluding carboxylic acids is 1. The number of amides is 1. The summed E-state index contributed by atoms with van der Waals surface area (Å²) >= 11 is 0. The molecule has 1 fully saturated rings. The fraction of sp³-hybridized carbons (Fsp3) is 0.290. The number of nitrogens with one attached hydrogen (secondary N) is 1. The predicted molar refractivity (Wildman–Crippen MR) is 150 cm³/mol. The Bertz CT molecular complexity index is 1700. The average molecular weight is 577 g/mol. The Morgan fingerprint density at radius 3 is 2.61 bits per heavy atom.